The number of carbonyl (C=O) groups excluding carboxylic acids is 2. The van der Waals surface area contributed by atoms with Crippen LogP contribution in [0.1, 0.15) is 17.3 Å². The first-order valence-electron chi connectivity index (χ1n) is 8.04. The van der Waals surface area contributed by atoms with Crippen LogP contribution in [0.2, 0.25) is 0 Å². The van der Waals surface area contributed by atoms with Crippen molar-refractivity contribution in [2.45, 2.75) is 13.0 Å². The fourth-order valence-electron chi connectivity index (χ4n) is 2.52. The molecule has 2 N–H and O–H groups in total. The predicted molar refractivity (Wildman–Crippen MR) is 95.5 cm³/mol. The first-order chi connectivity index (χ1) is 12.9. The molecular weight excluding hydrogens is 356 g/mol. The molecule has 0 fully saturated rings. The number of nitrogens with one attached hydrogen (secondary N) is 1. The van der Waals surface area contributed by atoms with Gasteiger partial charge in [0.05, 0.1) is 0 Å². The maximum Gasteiger partial charge on any atom is 0.342 e. The quantitative estimate of drug-likeness (QED) is 0.680. The Balaban J connectivity index is 1.72. The molecule has 27 heavy (non-hydrogen) atoms. The van der Waals surface area contributed by atoms with E-state index in [1.165, 1.54) is 19.1 Å². The van der Waals surface area contributed by atoms with Crippen molar-refractivity contribution in [2.75, 3.05) is 5.32 Å². The Kier molecular flexibility index (Phi) is 5.03. The number of ether oxygens (including phenoxy) is 1. The van der Waals surface area contributed by atoms with E-state index in [0.29, 0.717) is 5.39 Å². The van der Waals surface area contributed by atoms with Crippen LogP contribution >= 0.6 is 0 Å². The highest BCUT2D eigenvalue weighted by atomic mass is 19.2. The second-order valence-corrected chi connectivity index (χ2v) is 5.85. The largest absolute Gasteiger partial charge is 0.506 e. The molecule has 0 aromatic heterocycles. The molecule has 7 heteroatoms. The normalized spacial score (nSPS) is 11.8. The zero-order valence-corrected chi connectivity index (χ0v) is 14.2. The zero-order valence-electron chi connectivity index (χ0n) is 14.2. The molecule has 0 heterocycles. The van der Waals surface area contributed by atoms with Crippen LogP contribution in [0.15, 0.2) is 54.6 Å². The molecular formula is C20H15F2NO4. The summed E-state index contributed by atoms with van der Waals surface area (Å²) in [5.74, 6) is -4.01. The van der Waals surface area contributed by atoms with Crippen LogP contribution in [0.3, 0.4) is 0 Å². The number of fused-ring (bicyclic) bond motifs is 1. The number of anilines is 1. The minimum absolute atomic E-state index is 0.0235. The highest BCUT2D eigenvalue weighted by Crippen LogP contribution is 2.29. The van der Waals surface area contributed by atoms with Gasteiger partial charge in [-0.15, -0.1) is 0 Å². The first-order valence-corrected chi connectivity index (χ1v) is 8.04. The Morgan fingerprint density at radius 3 is 2.52 bits per heavy atom. The Hall–Kier alpha value is -3.48. The second-order valence-electron chi connectivity index (χ2n) is 5.85. The number of hydrogen-bond donors (Lipinski definition) is 2. The second kappa shape index (κ2) is 7.41. The van der Waals surface area contributed by atoms with Gasteiger partial charge in [0.15, 0.2) is 17.7 Å². The smallest absolute Gasteiger partial charge is 0.342 e. The van der Waals surface area contributed by atoms with Crippen molar-refractivity contribution in [1.82, 2.24) is 0 Å². The third kappa shape index (κ3) is 3.87. The summed E-state index contributed by atoms with van der Waals surface area (Å²) >= 11 is 0. The zero-order chi connectivity index (χ0) is 19.6. The summed E-state index contributed by atoms with van der Waals surface area (Å²) in [6.45, 7) is 1.32. The van der Waals surface area contributed by atoms with E-state index >= 15 is 0 Å². The molecule has 0 spiro atoms. The lowest BCUT2D eigenvalue weighted by Gasteiger charge is -2.14. The monoisotopic (exact) mass is 371 g/mol. The number of hydrogen-bond acceptors (Lipinski definition) is 4. The fraction of sp³-hybridized carbons (Fsp3) is 0.100. The molecule has 5 nitrogen and oxygen atoms in total. The molecule has 0 unspecified atom stereocenters. The molecule has 3 aromatic carbocycles. The van der Waals surface area contributed by atoms with Crippen LogP contribution < -0.4 is 5.32 Å². The molecule has 0 bridgehead atoms. The number of halogens is 2. The van der Waals surface area contributed by atoms with Crippen LogP contribution in [-0.4, -0.2) is 23.1 Å². The summed E-state index contributed by atoms with van der Waals surface area (Å²) in [6.07, 6.45) is -1.23. The number of esters is 1. The van der Waals surface area contributed by atoms with E-state index < -0.39 is 29.6 Å². The Morgan fingerprint density at radius 2 is 1.78 bits per heavy atom. The molecule has 1 amide bonds. The lowest BCUT2D eigenvalue weighted by atomic mass is 10.1. The lowest BCUT2D eigenvalue weighted by Crippen LogP contribution is -2.30. The van der Waals surface area contributed by atoms with E-state index in [0.717, 1.165) is 17.5 Å². The molecule has 3 aromatic rings. The highest BCUT2D eigenvalue weighted by molar-refractivity contribution is 6.02. The van der Waals surface area contributed by atoms with Gasteiger partial charge in [-0.3, -0.25) is 4.79 Å². The van der Waals surface area contributed by atoms with Crippen LogP contribution in [0, 0.1) is 11.6 Å². The lowest BCUT2D eigenvalue weighted by molar-refractivity contribution is -0.123. The summed E-state index contributed by atoms with van der Waals surface area (Å²) in [7, 11) is 0. The van der Waals surface area contributed by atoms with E-state index in [1.54, 1.807) is 30.3 Å². The fourth-order valence-corrected chi connectivity index (χ4v) is 2.52. The molecule has 1 atom stereocenters. The van der Waals surface area contributed by atoms with Crippen LogP contribution in [-0.2, 0) is 9.53 Å². The van der Waals surface area contributed by atoms with E-state index in [-0.39, 0.29) is 17.0 Å². The molecule has 3 rings (SSSR count). The van der Waals surface area contributed by atoms with Crippen LogP contribution in [0.4, 0.5) is 14.5 Å². The molecule has 0 saturated carbocycles. The molecule has 0 aliphatic carbocycles. The van der Waals surface area contributed by atoms with Crippen LogP contribution in [0.5, 0.6) is 5.75 Å². The van der Waals surface area contributed by atoms with E-state index in [4.69, 9.17) is 4.74 Å². The maximum atomic E-state index is 13.2. The summed E-state index contributed by atoms with van der Waals surface area (Å²) in [4.78, 5) is 24.4. The number of phenols is 1. The SMILES string of the molecule is C[C@H](OC(=O)c1ccc2ccccc2c1O)C(=O)Nc1ccc(F)c(F)c1. The molecule has 0 aliphatic heterocycles. The van der Waals surface area contributed by atoms with Gasteiger partial charge >= 0.3 is 5.97 Å². The minimum Gasteiger partial charge on any atom is -0.506 e. The van der Waals surface area contributed by atoms with Crippen molar-refractivity contribution in [2.24, 2.45) is 0 Å². The molecule has 0 aliphatic rings. The summed E-state index contributed by atoms with van der Waals surface area (Å²) in [6, 6.07) is 12.9. The number of phenolic OH excluding ortho intramolecular Hbond substituents is 1. The maximum absolute atomic E-state index is 13.2. The van der Waals surface area contributed by atoms with Crippen LogP contribution in [0.25, 0.3) is 10.8 Å². The van der Waals surface area contributed by atoms with Crippen molar-refractivity contribution in [1.29, 1.82) is 0 Å². The Morgan fingerprint density at radius 1 is 1.04 bits per heavy atom. The van der Waals surface area contributed by atoms with Crippen molar-refractivity contribution in [3.63, 3.8) is 0 Å². The summed E-state index contributed by atoms with van der Waals surface area (Å²) in [5, 5.41) is 13.8. The summed E-state index contributed by atoms with van der Waals surface area (Å²) < 4.78 is 31.2. The average Bonchev–Trinajstić information content (AvgIpc) is 2.65. The van der Waals surface area contributed by atoms with Gasteiger partial charge in [-0.1, -0.05) is 30.3 Å². The van der Waals surface area contributed by atoms with E-state index in [9.17, 15) is 23.5 Å². The third-order valence-electron chi connectivity index (χ3n) is 3.96. The third-order valence-corrected chi connectivity index (χ3v) is 3.96. The van der Waals surface area contributed by atoms with Crippen molar-refractivity contribution < 1.29 is 28.2 Å². The first kappa shape index (κ1) is 18.3. The van der Waals surface area contributed by atoms with E-state index in [1.807, 2.05) is 0 Å². The van der Waals surface area contributed by atoms with Gasteiger partial charge in [0.2, 0.25) is 0 Å². The molecule has 0 saturated heterocycles. The van der Waals surface area contributed by atoms with Gasteiger partial charge in [0, 0.05) is 17.1 Å². The van der Waals surface area contributed by atoms with Crippen molar-refractivity contribution in [3.05, 3.63) is 71.8 Å². The van der Waals surface area contributed by atoms with Crippen molar-refractivity contribution in [3.8, 4) is 5.75 Å². The number of rotatable bonds is 4. The highest BCUT2D eigenvalue weighted by Gasteiger charge is 2.22. The van der Waals surface area contributed by atoms with E-state index in [2.05, 4.69) is 5.32 Å². The number of aromatic hydroxyl groups is 1. The predicted octanol–water partition coefficient (Wildman–Crippen LogP) is 4.01. The molecule has 138 valence electrons. The van der Waals surface area contributed by atoms with Gasteiger partial charge in [-0.2, -0.15) is 0 Å². The molecule has 0 radical (unpaired) electrons. The number of amides is 1. The topological polar surface area (TPSA) is 75.6 Å². The van der Waals surface area contributed by atoms with Gasteiger partial charge in [0.1, 0.15) is 11.3 Å². The average molecular weight is 371 g/mol. The minimum atomic E-state index is -1.23. The van der Waals surface area contributed by atoms with Gasteiger partial charge in [-0.05, 0) is 30.5 Å². The Labute approximate surface area is 153 Å². The van der Waals surface area contributed by atoms with Gasteiger partial charge in [-0.25, -0.2) is 13.6 Å². The van der Waals surface area contributed by atoms with Gasteiger partial charge < -0.3 is 15.2 Å². The standard InChI is InChI=1S/C20H15F2NO4/c1-11(19(25)23-13-7-9-16(21)17(22)10-13)27-20(26)15-8-6-12-4-2-3-5-14(12)18(15)24/h2-11,24H,1H3,(H,23,25)/t11-/m0/s1. The number of carbonyl (C=O) groups is 2. The number of benzene rings is 3. The van der Waals surface area contributed by atoms with Crippen molar-refractivity contribution >= 4 is 28.3 Å². The van der Waals surface area contributed by atoms with Gasteiger partial charge in [0.25, 0.3) is 5.91 Å². The summed E-state index contributed by atoms with van der Waals surface area (Å²) in [5.41, 5.74) is -0.0588. The Bertz CT molecular complexity index is 1040.